The lowest BCUT2D eigenvalue weighted by Gasteiger charge is -2.10. The van der Waals surface area contributed by atoms with Crippen LogP contribution in [0.15, 0.2) is 36.4 Å². The summed E-state index contributed by atoms with van der Waals surface area (Å²) < 4.78 is 16.3. The van der Waals surface area contributed by atoms with Crippen LogP contribution in [0.25, 0.3) is 10.8 Å². The topological polar surface area (TPSA) is 51.2 Å². The van der Waals surface area contributed by atoms with Crippen molar-refractivity contribution >= 4 is 10.8 Å². The number of epoxide rings is 1. The number of fused-ring (bicyclic) bond motifs is 1. The maximum atomic E-state index is 9.24. The minimum absolute atomic E-state index is 0.256. The van der Waals surface area contributed by atoms with Crippen LogP contribution >= 0.6 is 0 Å². The second-order valence-electron chi connectivity index (χ2n) is 5.10. The van der Waals surface area contributed by atoms with Crippen molar-refractivity contribution in [3.63, 3.8) is 0 Å². The van der Waals surface area contributed by atoms with E-state index in [0.717, 1.165) is 28.9 Å². The fourth-order valence-corrected chi connectivity index (χ4v) is 1.95. The van der Waals surface area contributed by atoms with E-state index in [1.165, 1.54) is 0 Å². The monoisotopic (exact) mass is 274 g/mol. The van der Waals surface area contributed by atoms with Crippen LogP contribution in [0.1, 0.15) is 6.92 Å². The Labute approximate surface area is 117 Å². The van der Waals surface area contributed by atoms with Gasteiger partial charge in [-0.05, 0) is 42.0 Å². The molecule has 1 aliphatic heterocycles. The Morgan fingerprint density at radius 2 is 1.80 bits per heavy atom. The molecule has 4 heteroatoms. The molecule has 1 saturated heterocycles. The van der Waals surface area contributed by atoms with Crippen LogP contribution in [0.2, 0.25) is 0 Å². The van der Waals surface area contributed by atoms with Crippen LogP contribution in [-0.4, -0.2) is 37.1 Å². The highest BCUT2D eigenvalue weighted by atomic mass is 16.6. The van der Waals surface area contributed by atoms with E-state index >= 15 is 0 Å². The Morgan fingerprint density at radius 3 is 2.40 bits per heavy atom. The summed E-state index contributed by atoms with van der Waals surface area (Å²) >= 11 is 0. The van der Waals surface area contributed by atoms with E-state index in [1.54, 1.807) is 6.92 Å². The quantitative estimate of drug-likeness (QED) is 0.822. The summed E-state index contributed by atoms with van der Waals surface area (Å²) in [5.41, 5.74) is 0. The maximum Gasteiger partial charge on any atom is 0.120 e. The van der Waals surface area contributed by atoms with Gasteiger partial charge in [0.1, 0.15) is 30.8 Å². The third-order valence-electron chi connectivity index (χ3n) is 3.11. The zero-order valence-corrected chi connectivity index (χ0v) is 11.4. The second-order valence-corrected chi connectivity index (χ2v) is 5.10. The molecule has 0 spiro atoms. The lowest BCUT2D eigenvalue weighted by molar-refractivity contribution is 0.123. The maximum absolute atomic E-state index is 9.24. The summed E-state index contributed by atoms with van der Waals surface area (Å²) in [6.45, 7) is 3.39. The first-order chi connectivity index (χ1) is 9.70. The van der Waals surface area contributed by atoms with Crippen LogP contribution in [0.5, 0.6) is 11.5 Å². The van der Waals surface area contributed by atoms with Crippen molar-refractivity contribution in [3.8, 4) is 11.5 Å². The Morgan fingerprint density at radius 1 is 1.15 bits per heavy atom. The zero-order chi connectivity index (χ0) is 13.9. The summed E-state index contributed by atoms with van der Waals surface area (Å²) in [5, 5.41) is 11.4. The average Bonchev–Trinajstić information content (AvgIpc) is 3.26. The van der Waals surface area contributed by atoms with E-state index in [0.29, 0.717) is 13.2 Å². The molecule has 1 aliphatic rings. The van der Waals surface area contributed by atoms with Crippen molar-refractivity contribution in [1.82, 2.24) is 0 Å². The van der Waals surface area contributed by atoms with E-state index in [-0.39, 0.29) is 6.10 Å². The molecule has 2 atom stereocenters. The number of benzene rings is 2. The molecular weight excluding hydrogens is 256 g/mol. The molecule has 20 heavy (non-hydrogen) atoms. The van der Waals surface area contributed by atoms with Gasteiger partial charge in [-0.1, -0.05) is 12.1 Å². The summed E-state index contributed by atoms with van der Waals surface area (Å²) in [4.78, 5) is 0. The normalized spacial score (nSPS) is 18.8. The first-order valence-corrected chi connectivity index (χ1v) is 6.80. The second kappa shape index (κ2) is 5.69. The van der Waals surface area contributed by atoms with Gasteiger partial charge in [-0.25, -0.2) is 0 Å². The molecule has 1 N–H and O–H groups in total. The van der Waals surface area contributed by atoms with Gasteiger partial charge in [-0.3, -0.25) is 0 Å². The number of rotatable bonds is 6. The summed E-state index contributed by atoms with van der Waals surface area (Å²) in [6.07, 6.45) is -0.217. The van der Waals surface area contributed by atoms with Crippen molar-refractivity contribution in [2.45, 2.75) is 19.1 Å². The van der Waals surface area contributed by atoms with Gasteiger partial charge >= 0.3 is 0 Å². The molecule has 0 amide bonds. The predicted octanol–water partition coefficient (Wildman–Crippen LogP) is 2.38. The largest absolute Gasteiger partial charge is 0.491 e. The molecule has 1 heterocycles. The molecular formula is C16H18O4. The Hall–Kier alpha value is -1.78. The fourth-order valence-electron chi connectivity index (χ4n) is 1.95. The zero-order valence-electron chi connectivity index (χ0n) is 11.4. The highest BCUT2D eigenvalue weighted by Crippen LogP contribution is 2.25. The summed E-state index contributed by atoms with van der Waals surface area (Å²) in [6, 6.07) is 11.8. The van der Waals surface area contributed by atoms with Gasteiger partial charge in [0.25, 0.3) is 0 Å². The molecule has 3 rings (SSSR count). The lowest BCUT2D eigenvalue weighted by Crippen LogP contribution is -2.12. The van der Waals surface area contributed by atoms with E-state index in [1.807, 2.05) is 36.4 Å². The number of aliphatic hydroxyl groups excluding tert-OH is 1. The Bertz CT molecular complexity index is 549. The van der Waals surface area contributed by atoms with Crippen LogP contribution < -0.4 is 9.47 Å². The van der Waals surface area contributed by atoms with Crippen LogP contribution in [-0.2, 0) is 4.74 Å². The third kappa shape index (κ3) is 3.40. The van der Waals surface area contributed by atoms with Crippen LogP contribution in [0, 0.1) is 0 Å². The van der Waals surface area contributed by atoms with Crippen molar-refractivity contribution in [1.29, 1.82) is 0 Å². The smallest absolute Gasteiger partial charge is 0.120 e. The van der Waals surface area contributed by atoms with Gasteiger partial charge in [0.05, 0.1) is 12.7 Å². The van der Waals surface area contributed by atoms with Crippen molar-refractivity contribution in [2.24, 2.45) is 0 Å². The van der Waals surface area contributed by atoms with Crippen molar-refractivity contribution in [2.75, 3.05) is 19.8 Å². The molecule has 2 aromatic carbocycles. The summed E-state index contributed by atoms with van der Waals surface area (Å²) in [5.74, 6) is 1.58. The van der Waals surface area contributed by atoms with Crippen LogP contribution in [0.4, 0.5) is 0 Å². The molecule has 106 valence electrons. The first kappa shape index (κ1) is 13.2. The highest BCUT2D eigenvalue weighted by Gasteiger charge is 2.23. The van der Waals surface area contributed by atoms with Gasteiger partial charge in [0, 0.05) is 0 Å². The molecule has 4 nitrogen and oxygen atoms in total. The molecule has 2 aromatic rings. The molecule has 0 aliphatic carbocycles. The number of hydrogen-bond acceptors (Lipinski definition) is 4. The molecule has 0 radical (unpaired) electrons. The van der Waals surface area contributed by atoms with E-state index in [2.05, 4.69) is 0 Å². The van der Waals surface area contributed by atoms with E-state index in [9.17, 15) is 5.11 Å². The Kier molecular flexibility index (Phi) is 3.76. The van der Waals surface area contributed by atoms with Gasteiger partial charge in [0.2, 0.25) is 0 Å². The van der Waals surface area contributed by atoms with Gasteiger partial charge < -0.3 is 19.3 Å². The van der Waals surface area contributed by atoms with Gasteiger partial charge in [-0.2, -0.15) is 0 Å². The predicted molar refractivity (Wildman–Crippen MR) is 76.4 cm³/mol. The van der Waals surface area contributed by atoms with Gasteiger partial charge in [0.15, 0.2) is 0 Å². The third-order valence-corrected chi connectivity index (χ3v) is 3.11. The van der Waals surface area contributed by atoms with Gasteiger partial charge in [-0.15, -0.1) is 0 Å². The average molecular weight is 274 g/mol. The van der Waals surface area contributed by atoms with Crippen molar-refractivity contribution in [3.05, 3.63) is 36.4 Å². The van der Waals surface area contributed by atoms with E-state index in [4.69, 9.17) is 14.2 Å². The van der Waals surface area contributed by atoms with Crippen molar-refractivity contribution < 1.29 is 19.3 Å². The number of ether oxygens (including phenoxy) is 3. The molecule has 0 saturated carbocycles. The van der Waals surface area contributed by atoms with E-state index < -0.39 is 6.10 Å². The Balaban J connectivity index is 1.75. The van der Waals surface area contributed by atoms with Crippen LogP contribution in [0.3, 0.4) is 0 Å². The minimum atomic E-state index is -0.473. The number of hydrogen-bond donors (Lipinski definition) is 1. The fraction of sp³-hybridized carbons (Fsp3) is 0.375. The first-order valence-electron chi connectivity index (χ1n) is 6.80. The summed E-state index contributed by atoms with van der Waals surface area (Å²) in [7, 11) is 0. The molecule has 0 aromatic heterocycles. The molecule has 0 bridgehead atoms. The molecule has 2 unspecified atom stereocenters. The molecule has 1 fully saturated rings. The minimum Gasteiger partial charge on any atom is -0.491 e. The lowest BCUT2D eigenvalue weighted by atomic mass is 10.1. The highest BCUT2D eigenvalue weighted by molar-refractivity contribution is 5.85. The number of aliphatic hydroxyl groups is 1. The standard InChI is InChI=1S/C16H18O4/c1-11(17)8-18-14-4-2-12-3-5-15(7-13(12)6-14)19-9-16-10-20-16/h2-7,11,16-17H,8-10H2,1H3. The SMILES string of the molecule is CC(O)COc1ccc2ccc(OCC3CO3)cc2c1.